The topological polar surface area (TPSA) is 128 Å². The normalized spacial score (nSPS) is 25.1. The van der Waals surface area contributed by atoms with Crippen LogP contribution >= 0.6 is 0 Å². The van der Waals surface area contributed by atoms with E-state index >= 15 is 0 Å². The van der Waals surface area contributed by atoms with E-state index in [2.05, 4.69) is 9.97 Å². The molecule has 1 aromatic rings. The van der Waals surface area contributed by atoms with E-state index in [-0.39, 0.29) is 43.3 Å². The number of aryl methyl sites for hydroxylation is 1. The lowest BCUT2D eigenvalue weighted by Gasteiger charge is -2.39. The molecule has 32 heavy (non-hydrogen) atoms. The highest BCUT2D eigenvalue weighted by atomic mass is 19.4. The fourth-order valence-corrected chi connectivity index (χ4v) is 3.88. The number of hydrogen-bond acceptors (Lipinski definition) is 7. The summed E-state index contributed by atoms with van der Waals surface area (Å²) in [7, 11) is 0. The SMILES string of the molecule is Cc1nc(N2CCC(C(N)=C3C(=N)NC(=O)CC3(O)C(F)(F)F)CC2)cc(C(F)(F)F)n1. The molecule has 0 bridgehead atoms. The van der Waals surface area contributed by atoms with E-state index in [0.29, 0.717) is 0 Å². The number of allylic oxidation sites excluding steroid dienone is 1. The minimum atomic E-state index is -5.25. The van der Waals surface area contributed by atoms with Crippen molar-refractivity contribution in [2.24, 2.45) is 11.7 Å². The summed E-state index contributed by atoms with van der Waals surface area (Å²) in [5.74, 6) is -2.85. The number of nitrogens with two attached hydrogens (primary N) is 1. The molecule has 3 rings (SSSR count). The van der Waals surface area contributed by atoms with Crippen molar-refractivity contribution in [3.8, 4) is 0 Å². The van der Waals surface area contributed by atoms with Crippen LogP contribution in [0.1, 0.15) is 30.8 Å². The summed E-state index contributed by atoms with van der Waals surface area (Å²) >= 11 is 0. The maximum absolute atomic E-state index is 13.6. The molecule has 0 aliphatic carbocycles. The third kappa shape index (κ3) is 4.36. The molecule has 14 heteroatoms. The maximum atomic E-state index is 13.6. The predicted octanol–water partition coefficient (Wildman–Crippen LogP) is 2.02. The van der Waals surface area contributed by atoms with Crippen molar-refractivity contribution >= 4 is 17.6 Å². The van der Waals surface area contributed by atoms with Gasteiger partial charge in [0.15, 0.2) is 5.60 Å². The fraction of sp³-hybridized carbons (Fsp3) is 0.556. The average molecular weight is 466 g/mol. The van der Waals surface area contributed by atoms with E-state index in [0.717, 1.165) is 6.07 Å². The lowest BCUT2D eigenvalue weighted by atomic mass is 9.79. The van der Waals surface area contributed by atoms with Crippen LogP contribution in [0.2, 0.25) is 0 Å². The Hall–Kier alpha value is -2.90. The molecule has 8 nitrogen and oxygen atoms in total. The van der Waals surface area contributed by atoms with Gasteiger partial charge in [0, 0.05) is 30.8 Å². The highest BCUT2D eigenvalue weighted by Crippen LogP contribution is 2.43. The lowest BCUT2D eigenvalue weighted by molar-refractivity contribution is -0.244. The Morgan fingerprint density at radius 3 is 2.38 bits per heavy atom. The first-order valence-corrected chi connectivity index (χ1v) is 9.49. The van der Waals surface area contributed by atoms with Gasteiger partial charge in [-0.2, -0.15) is 26.3 Å². The Morgan fingerprint density at radius 2 is 1.84 bits per heavy atom. The molecular weight excluding hydrogens is 446 g/mol. The molecule has 2 fully saturated rings. The number of rotatable bonds is 2. The number of aromatic nitrogens is 2. The van der Waals surface area contributed by atoms with Crippen LogP contribution in [0.15, 0.2) is 17.3 Å². The number of nitrogens with one attached hydrogen (secondary N) is 2. The van der Waals surface area contributed by atoms with Crippen LogP contribution in [0.25, 0.3) is 0 Å². The maximum Gasteiger partial charge on any atom is 0.433 e. The molecule has 1 unspecified atom stereocenters. The first kappa shape index (κ1) is 23.8. The van der Waals surface area contributed by atoms with Crippen molar-refractivity contribution in [2.75, 3.05) is 18.0 Å². The summed E-state index contributed by atoms with van der Waals surface area (Å²) < 4.78 is 79.8. The van der Waals surface area contributed by atoms with Gasteiger partial charge < -0.3 is 21.1 Å². The largest absolute Gasteiger partial charge is 0.433 e. The number of amides is 1. The molecule has 1 aromatic heterocycles. The summed E-state index contributed by atoms with van der Waals surface area (Å²) in [4.78, 5) is 20.4. The first-order chi connectivity index (χ1) is 14.6. The van der Waals surface area contributed by atoms with Crippen LogP contribution in [0.3, 0.4) is 0 Å². The van der Waals surface area contributed by atoms with Gasteiger partial charge in [0.25, 0.3) is 0 Å². The number of carbonyl (C=O) groups is 1. The van der Waals surface area contributed by atoms with Crippen LogP contribution in [-0.4, -0.2) is 51.7 Å². The molecule has 176 valence electrons. The molecule has 1 amide bonds. The zero-order chi connectivity index (χ0) is 24.1. The third-order valence-corrected chi connectivity index (χ3v) is 5.48. The summed E-state index contributed by atoms with van der Waals surface area (Å²) in [6.07, 6.45) is -11.0. The smallest absolute Gasteiger partial charge is 0.401 e. The Balaban J connectivity index is 1.86. The van der Waals surface area contributed by atoms with E-state index in [4.69, 9.17) is 11.1 Å². The fourth-order valence-electron chi connectivity index (χ4n) is 3.88. The summed E-state index contributed by atoms with van der Waals surface area (Å²) in [6.45, 7) is 1.56. The highest BCUT2D eigenvalue weighted by Gasteiger charge is 2.61. The van der Waals surface area contributed by atoms with E-state index in [1.54, 1.807) is 0 Å². The van der Waals surface area contributed by atoms with Gasteiger partial charge in [-0.1, -0.05) is 0 Å². The van der Waals surface area contributed by atoms with Crippen LogP contribution in [0.5, 0.6) is 0 Å². The van der Waals surface area contributed by atoms with Gasteiger partial charge in [-0.3, -0.25) is 10.2 Å². The number of anilines is 1. The van der Waals surface area contributed by atoms with Gasteiger partial charge in [-0.25, -0.2) is 9.97 Å². The van der Waals surface area contributed by atoms with Crippen molar-refractivity contribution in [3.63, 3.8) is 0 Å². The van der Waals surface area contributed by atoms with Crippen molar-refractivity contribution < 1.29 is 36.2 Å². The molecule has 2 saturated heterocycles. The predicted molar refractivity (Wildman–Crippen MR) is 99.4 cm³/mol. The standard InChI is InChI=1S/C18H20F6N6O2/c1-8-27-10(17(19,20)21)6-11(28-8)30-4-2-9(3-5-30)14(25)13-15(26)29-12(31)7-16(13,32)18(22,23)24/h6,9,32H,2-5,7,25H2,1H3,(H2,26,29,31). The van der Waals surface area contributed by atoms with Crippen LogP contribution in [0, 0.1) is 18.3 Å². The molecule has 2 aliphatic heterocycles. The van der Waals surface area contributed by atoms with Crippen LogP contribution < -0.4 is 16.0 Å². The Labute approximate surface area is 178 Å². The Bertz CT molecular complexity index is 968. The van der Waals surface area contributed by atoms with Crippen molar-refractivity contribution in [3.05, 3.63) is 28.9 Å². The molecule has 0 radical (unpaired) electrons. The summed E-state index contributed by atoms with van der Waals surface area (Å²) in [5, 5.41) is 20.0. The number of nitrogens with zero attached hydrogens (tertiary/aromatic N) is 3. The number of halogens is 6. The first-order valence-electron chi connectivity index (χ1n) is 9.49. The van der Waals surface area contributed by atoms with Gasteiger partial charge in [0.2, 0.25) is 5.91 Å². The average Bonchev–Trinajstić information content (AvgIpc) is 2.65. The molecular formula is C18H20F6N6O2. The van der Waals surface area contributed by atoms with Crippen molar-refractivity contribution in [1.29, 1.82) is 5.41 Å². The number of piperidine rings is 2. The van der Waals surface area contributed by atoms with Crippen LogP contribution in [0.4, 0.5) is 32.2 Å². The zero-order valence-corrected chi connectivity index (χ0v) is 16.7. The monoisotopic (exact) mass is 466 g/mol. The molecule has 0 saturated carbocycles. The summed E-state index contributed by atoms with van der Waals surface area (Å²) in [6, 6.07) is 0.796. The molecule has 0 aromatic carbocycles. The van der Waals surface area contributed by atoms with Crippen molar-refractivity contribution in [1.82, 2.24) is 15.3 Å². The van der Waals surface area contributed by atoms with Gasteiger partial charge in [-0.15, -0.1) is 0 Å². The Kier molecular flexibility index (Phi) is 5.87. The highest BCUT2D eigenvalue weighted by molar-refractivity contribution is 6.11. The van der Waals surface area contributed by atoms with Crippen molar-refractivity contribution in [2.45, 2.75) is 44.1 Å². The summed E-state index contributed by atoms with van der Waals surface area (Å²) in [5.41, 5.74) is -0.0364. The van der Waals surface area contributed by atoms with E-state index in [1.165, 1.54) is 11.8 Å². The number of hydrogen-bond donors (Lipinski definition) is 4. The molecule has 2 aliphatic rings. The second kappa shape index (κ2) is 7.90. The second-order valence-corrected chi connectivity index (χ2v) is 7.71. The zero-order valence-electron chi connectivity index (χ0n) is 16.7. The number of amidine groups is 1. The quantitative estimate of drug-likeness (QED) is 0.494. The van der Waals surface area contributed by atoms with E-state index in [9.17, 15) is 36.2 Å². The van der Waals surface area contributed by atoms with Gasteiger partial charge in [0.1, 0.15) is 23.2 Å². The van der Waals surface area contributed by atoms with Gasteiger partial charge >= 0.3 is 12.4 Å². The van der Waals surface area contributed by atoms with E-state index in [1.807, 2.05) is 5.32 Å². The minimum absolute atomic E-state index is 0.0268. The third-order valence-electron chi connectivity index (χ3n) is 5.48. The number of carbonyl (C=O) groups excluding carboxylic acids is 1. The second-order valence-electron chi connectivity index (χ2n) is 7.71. The van der Waals surface area contributed by atoms with E-state index < -0.39 is 53.3 Å². The number of alkyl halides is 6. The molecule has 1 atom stereocenters. The molecule has 3 heterocycles. The number of aliphatic hydroxyl groups is 1. The molecule has 0 spiro atoms. The van der Waals surface area contributed by atoms with Crippen LogP contribution in [-0.2, 0) is 11.0 Å². The van der Waals surface area contributed by atoms with Gasteiger partial charge in [-0.05, 0) is 19.8 Å². The minimum Gasteiger partial charge on any atom is -0.401 e. The van der Waals surface area contributed by atoms with Gasteiger partial charge in [0.05, 0.1) is 12.0 Å². The lowest BCUT2D eigenvalue weighted by Crippen LogP contribution is -2.59. The Morgan fingerprint density at radius 1 is 1.25 bits per heavy atom. The molecule has 5 N–H and O–H groups in total.